The van der Waals surface area contributed by atoms with Crippen molar-refractivity contribution < 1.29 is 23.9 Å². The Labute approximate surface area is 159 Å². The molecule has 1 aromatic heterocycles. The summed E-state index contributed by atoms with van der Waals surface area (Å²) in [6.07, 6.45) is 0.443. The number of halogens is 1. The molecule has 9 heteroatoms. The molecule has 7 nitrogen and oxygen atoms in total. The summed E-state index contributed by atoms with van der Waals surface area (Å²) in [7, 11) is 0. The van der Waals surface area contributed by atoms with Crippen molar-refractivity contribution in [3.8, 4) is 0 Å². The second kappa shape index (κ2) is 9.22. The highest BCUT2D eigenvalue weighted by molar-refractivity contribution is 7.09. The van der Waals surface area contributed by atoms with Crippen LogP contribution in [0.15, 0.2) is 29.6 Å². The Kier molecular flexibility index (Phi) is 7.00. The van der Waals surface area contributed by atoms with Gasteiger partial charge in [-0.3, -0.25) is 9.59 Å². The third-order valence-corrected chi connectivity index (χ3v) is 4.70. The molecule has 144 valence electrons. The average Bonchev–Trinajstić information content (AvgIpc) is 3.08. The second-order valence-corrected chi connectivity index (χ2v) is 6.87. The number of aromatic nitrogens is 1. The van der Waals surface area contributed by atoms with Gasteiger partial charge in [-0.05, 0) is 24.6 Å². The minimum absolute atomic E-state index is 0.0523. The van der Waals surface area contributed by atoms with E-state index in [1.54, 1.807) is 17.5 Å². The van der Waals surface area contributed by atoms with Crippen LogP contribution in [0.1, 0.15) is 34.9 Å². The molecule has 0 saturated heterocycles. The van der Waals surface area contributed by atoms with E-state index in [1.807, 2.05) is 0 Å². The van der Waals surface area contributed by atoms with E-state index in [9.17, 15) is 23.9 Å². The number of hydrogen-bond acceptors (Lipinski definition) is 5. The number of carboxylic acid groups (broad SMARTS) is 1. The number of rotatable bonds is 8. The topological polar surface area (TPSA) is 99.6 Å². The molecular formula is C18H20FN3O4S. The minimum Gasteiger partial charge on any atom is -0.480 e. The van der Waals surface area contributed by atoms with Crippen LogP contribution < -0.4 is 5.32 Å². The number of carboxylic acids is 1. The molecule has 1 aromatic carbocycles. The van der Waals surface area contributed by atoms with Gasteiger partial charge >= 0.3 is 5.97 Å². The van der Waals surface area contributed by atoms with Gasteiger partial charge in [0.15, 0.2) is 0 Å². The van der Waals surface area contributed by atoms with Crippen molar-refractivity contribution in [1.82, 2.24) is 15.2 Å². The van der Waals surface area contributed by atoms with Gasteiger partial charge in [-0.1, -0.05) is 12.1 Å². The molecule has 2 amide bonds. The van der Waals surface area contributed by atoms with Crippen molar-refractivity contribution in [1.29, 1.82) is 0 Å². The summed E-state index contributed by atoms with van der Waals surface area (Å²) >= 11 is 1.27. The lowest BCUT2D eigenvalue weighted by Crippen LogP contribution is -2.46. The maximum atomic E-state index is 13.0. The van der Waals surface area contributed by atoms with E-state index in [-0.39, 0.29) is 30.5 Å². The largest absolute Gasteiger partial charge is 0.480 e. The zero-order chi connectivity index (χ0) is 20.0. The van der Waals surface area contributed by atoms with Crippen LogP contribution in [0.25, 0.3) is 0 Å². The predicted octanol–water partition coefficient (Wildman–Crippen LogP) is 1.92. The van der Waals surface area contributed by atoms with Gasteiger partial charge in [-0.15, -0.1) is 11.3 Å². The Balaban J connectivity index is 2.11. The van der Waals surface area contributed by atoms with Crippen LogP contribution >= 0.6 is 11.3 Å². The molecule has 2 rings (SSSR count). The highest BCUT2D eigenvalue weighted by Crippen LogP contribution is 2.17. The highest BCUT2D eigenvalue weighted by Gasteiger charge is 2.27. The van der Waals surface area contributed by atoms with Gasteiger partial charge in [0, 0.05) is 31.8 Å². The molecule has 1 heterocycles. The molecule has 0 bridgehead atoms. The van der Waals surface area contributed by atoms with Gasteiger partial charge in [0.1, 0.15) is 17.6 Å². The van der Waals surface area contributed by atoms with Gasteiger partial charge in [0.2, 0.25) is 5.91 Å². The third-order valence-electron chi connectivity index (χ3n) is 3.85. The van der Waals surface area contributed by atoms with Gasteiger partial charge in [-0.25, -0.2) is 14.2 Å². The van der Waals surface area contributed by atoms with Gasteiger partial charge in [0.25, 0.3) is 5.91 Å². The average molecular weight is 393 g/mol. The smallest absolute Gasteiger partial charge is 0.326 e. The van der Waals surface area contributed by atoms with Crippen LogP contribution in [0.4, 0.5) is 4.39 Å². The number of aliphatic carboxylic acids is 1. The van der Waals surface area contributed by atoms with Crippen molar-refractivity contribution in [3.05, 3.63) is 51.7 Å². The van der Waals surface area contributed by atoms with Crippen LogP contribution in [0.3, 0.4) is 0 Å². The van der Waals surface area contributed by atoms with E-state index in [0.717, 1.165) is 10.5 Å². The second-order valence-electron chi connectivity index (χ2n) is 5.93. The highest BCUT2D eigenvalue weighted by atomic mass is 32.1. The molecule has 2 N–H and O–H groups in total. The summed E-state index contributed by atoms with van der Waals surface area (Å²) in [5.41, 5.74) is 0.999. The van der Waals surface area contributed by atoms with Crippen molar-refractivity contribution in [2.45, 2.75) is 26.3 Å². The maximum absolute atomic E-state index is 13.0. The Morgan fingerprint density at radius 1 is 1.30 bits per heavy atom. The molecule has 0 fully saturated rings. The summed E-state index contributed by atoms with van der Waals surface area (Å²) in [4.78, 5) is 40.5. The molecule has 2 aromatic rings. The molecule has 0 aliphatic carbocycles. The quantitative estimate of drug-likeness (QED) is 0.714. The van der Waals surface area contributed by atoms with E-state index < -0.39 is 17.9 Å². The van der Waals surface area contributed by atoms with Crippen molar-refractivity contribution >= 4 is 29.1 Å². The zero-order valence-electron chi connectivity index (χ0n) is 14.9. The zero-order valence-corrected chi connectivity index (χ0v) is 15.8. The summed E-state index contributed by atoms with van der Waals surface area (Å²) in [6, 6.07) is 4.93. The van der Waals surface area contributed by atoms with Gasteiger partial charge in [-0.2, -0.15) is 0 Å². The lowest BCUT2D eigenvalue weighted by Gasteiger charge is -2.25. The molecule has 1 atom stereocenters. The normalized spacial score (nSPS) is 11.7. The Morgan fingerprint density at radius 3 is 2.56 bits per heavy atom. The maximum Gasteiger partial charge on any atom is 0.326 e. The fraction of sp³-hybridized carbons (Fsp3) is 0.333. The van der Waals surface area contributed by atoms with E-state index in [2.05, 4.69) is 10.3 Å². The summed E-state index contributed by atoms with van der Waals surface area (Å²) in [6.45, 7) is 2.94. The first kappa shape index (κ1) is 20.5. The Bertz CT molecular complexity index is 822. The van der Waals surface area contributed by atoms with Crippen molar-refractivity contribution in [2.24, 2.45) is 0 Å². The lowest BCUT2D eigenvalue weighted by molar-refractivity contribution is -0.141. The SMILES string of the molecule is CC(=O)NCCN(C(=O)c1csc(Cc2ccc(F)cc2)n1)C(C)C(=O)O. The number of amides is 2. The molecule has 0 radical (unpaired) electrons. The number of nitrogens with zero attached hydrogens (tertiary/aromatic N) is 2. The van der Waals surface area contributed by atoms with Crippen LogP contribution in [-0.2, 0) is 16.0 Å². The first-order valence-corrected chi connectivity index (χ1v) is 9.13. The minimum atomic E-state index is -1.15. The molecule has 0 spiro atoms. The molecule has 0 aliphatic rings. The van der Waals surface area contributed by atoms with Crippen LogP contribution in [-0.4, -0.2) is 51.9 Å². The number of benzene rings is 1. The van der Waals surface area contributed by atoms with Crippen LogP contribution in [0.2, 0.25) is 0 Å². The molecule has 1 unspecified atom stereocenters. The van der Waals surface area contributed by atoms with Gasteiger partial charge < -0.3 is 15.3 Å². The fourth-order valence-electron chi connectivity index (χ4n) is 2.37. The van der Waals surface area contributed by atoms with E-state index in [4.69, 9.17) is 0 Å². The third kappa shape index (κ3) is 5.85. The standard InChI is InChI=1S/C18H20FN3O4S/c1-11(18(25)26)22(8-7-20-12(2)23)17(24)15-10-27-16(21-15)9-13-3-5-14(19)6-4-13/h3-6,10-11H,7-9H2,1-2H3,(H,20,23)(H,25,26). The number of hydrogen-bond donors (Lipinski definition) is 2. The Morgan fingerprint density at radius 2 is 1.96 bits per heavy atom. The molecule has 0 aliphatic heterocycles. The number of carbonyl (C=O) groups is 3. The number of carbonyl (C=O) groups excluding carboxylic acids is 2. The van der Waals surface area contributed by atoms with E-state index in [0.29, 0.717) is 11.4 Å². The lowest BCUT2D eigenvalue weighted by atomic mass is 10.1. The molecule has 27 heavy (non-hydrogen) atoms. The summed E-state index contributed by atoms with van der Waals surface area (Å²) in [5.74, 6) is -2.25. The number of thiazole rings is 1. The first-order valence-electron chi connectivity index (χ1n) is 8.25. The van der Waals surface area contributed by atoms with Crippen LogP contribution in [0.5, 0.6) is 0 Å². The van der Waals surface area contributed by atoms with E-state index >= 15 is 0 Å². The summed E-state index contributed by atoms with van der Waals surface area (Å²) < 4.78 is 13.0. The van der Waals surface area contributed by atoms with E-state index in [1.165, 1.54) is 37.3 Å². The fourth-order valence-corrected chi connectivity index (χ4v) is 3.17. The monoisotopic (exact) mass is 393 g/mol. The van der Waals surface area contributed by atoms with Gasteiger partial charge in [0.05, 0.1) is 5.01 Å². The van der Waals surface area contributed by atoms with Crippen molar-refractivity contribution in [2.75, 3.05) is 13.1 Å². The first-order chi connectivity index (χ1) is 12.8. The number of nitrogens with one attached hydrogen (secondary N) is 1. The Hall–Kier alpha value is -2.81. The summed E-state index contributed by atoms with van der Waals surface area (Å²) in [5, 5.41) is 14.0. The molecular weight excluding hydrogens is 373 g/mol. The van der Waals surface area contributed by atoms with Crippen molar-refractivity contribution in [3.63, 3.8) is 0 Å². The predicted molar refractivity (Wildman–Crippen MR) is 98.1 cm³/mol. The van der Waals surface area contributed by atoms with Crippen LogP contribution in [0, 0.1) is 5.82 Å². The molecule has 0 saturated carbocycles.